The molecule has 1 radical (unpaired) electrons. The van der Waals surface area contributed by atoms with E-state index in [2.05, 4.69) is 4.98 Å². The van der Waals surface area contributed by atoms with Crippen LogP contribution in [-0.4, -0.2) is 21.6 Å². The zero-order valence-corrected chi connectivity index (χ0v) is 9.35. The highest BCUT2D eigenvalue weighted by atomic mass is 27.1. The van der Waals surface area contributed by atoms with E-state index in [-0.39, 0.29) is 0 Å². The van der Waals surface area contributed by atoms with Crippen molar-refractivity contribution in [2.24, 2.45) is 0 Å². The Hall–Kier alpha value is -1.50. The topological polar surface area (TPSA) is 35.3 Å². The fraction of sp³-hybridized carbons (Fsp3) is 0. The summed E-state index contributed by atoms with van der Waals surface area (Å²) in [5.41, 5.74) is 2.46. The van der Waals surface area contributed by atoms with Gasteiger partial charge in [0.1, 0.15) is 11.1 Å². The van der Waals surface area contributed by atoms with Crippen molar-refractivity contribution < 1.29 is 8.21 Å². The van der Waals surface area contributed by atoms with Gasteiger partial charge in [-0.3, -0.25) is 4.98 Å². The molecule has 2 aromatic heterocycles. The summed E-state index contributed by atoms with van der Waals surface area (Å²) in [4.78, 5) is 4.31. The molecule has 4 heteroatoms. The zero-order valence-electron chi connectivity index (χ0n) is 7.93. The van der Waals surface area contributed by atoms with E-state index >= 15 is 0 Å². The van der Waals surface area contributed by atoms with E-state index in [1.165, 1.54) is 16.6 Å². The van der Waals surface area contributed by atoms with Gasteiger partial charge in [-0.2, -0.15) is 0 Å². The third kappa shape index (κ3) is 1.23. The Morgan fingerprint density at radius 3 is 2.87 bits per heavy atom. The Morgan fingerprint density at radius 1 is 1.13 bits per heavy atom. The minimum atomic E-state index is 0.792. The van der Waals surface area contributed by atoms with Gasteiger partial charge in [-0.15, -0.1) is 0 Å². The van der Waals surface area contributed by atoms with Crippen molar-refractivity contribution in [1.29, 1.82) is 0 Å². The van der Waals surface area contributed by atoms with Gasteiger partial charge in [-0.1, -0.05) is 6.07 Å². The molecule has 0 saturated carbocycles. The number of furan rings is 1. The fourth-order valence-corrected chi connectivity index (χ4v) is 1.97. The molecule has 3 aromatic rings. The van der Waals surface area contributed by atoms with Crippen molar-refractivity contribution in [3.05, 3.63) is 36.5 Å². The van der Waals surface area contributed by atoms with Gasteiger partial charge in [0.05, 0.1) is 11.1 Å². The molecular weight excluding hydrogens is 205 g/mol. The van der Waals surface area contributed by atoms with Crippen molar-refractivity contribution in [3.63, 3.8) is 0 Å². The lowest BCUT2D eigenvalue weighted by molar-refractivity contribution is 0.621. The van der Waals surface area contributed by atoms with Crippen molar-refractivity contribution in [3.8, 4) is 5.75 Å². The summed E-state index contributed by atoms with van der Waals surface area (Å²) < 4.78 is 11.0. The molecule has 0 fully saturated rings. The van der Waals surface area contributed by atoms with Crippen LogP contribution in [0.4, 0.5) is 0 Å². The normalized spacial score (nSPS) is 10.9. The van der Waals surface area contributed by atoms with Gasteiger partial charge in [0.15, 0.2) is 5.58 Å². The molecule has 0 N–H and O–H groups in total. The molecule has 0 aliphatic heterocycles. The predicted octanol–water partition coefficient (Wildman–Crippen LogP) is 2.18. The molecular formula is C11H7AlNO2. The molecule has 0 aliphatic carbocycles. The summed E-state index contributed by atoms with van der Waals surface area (Å²) in [6.07, 6.45) is 1.76. The molecule has 71 valence electrons. The first-order valence-corrected chi connectivity index (χ1v) is 5.16. The van der Waals surface area contributed by atoms with Gasteiger partial charge < -0.3 is 8.21 Å². The Morgan fingerprint density at radius 2 is 2.00 bits per heavy atom. The van der Waals surface area contributed by atoms with Gasteiger partial charge in [0, 0.05) is 6.20 Å². The summed E-state index contributed by atoms with van der Waals surface area (Å²) in [6.45, 7) is 0. The van der Waals surface area contributed by atoms with Crippen LogP contribution in [0.5, 0.6) is 5.75 Å². The molecule has 15 heavy (non-hydrogen) atoms. The quantitative estimate of drug-likeness (QED) is 0.580. The minimum absolute atomic E-state index is 0.792. The van der Waals surface area contributed by atoms with Crippen molar-refractivity contribution in [2.75, 3.05) is 0 Å². The van der Waals surface area contributed by atoms with Crippen LogP contribution in [0.3, 0.4) is 0 Å². The van der Waals surface area contributed by atoms with Crippen molar-refractivity contribution in [2.45, 2.75) is 0 Å². The van der Waals surface area contributed by atoms with E-state index in [9.17, 15) is 0 Å². The highest BCUT2D eigenvalue weighted by Crippen LogP contribution is 2.33. The molecule has 0 bridgehead atoms. The molecule has 2 heterocycles. The van der Waals surface area contributed by atoms with E-state index in [1.54, 1.807) is 6.20 Å². The molecule has 0 saturated heterocycles. The average molecular weight is 212 g/mol. The monoisotopic (exact) mass is 212 g/mol. The SMILES string of the molecule is [AlH][O]c1cccc2oc3cccnc3c12. The Labute approximate surface area is 94.4 Å². The van der Waals surface area contributed by atoms with E-state index in [0.29, 0.717) is 0 Å². The number of fused-ring (bicyclic) bond motifs is 3. The highest BCUT2D eigenvalue weighted by Gasteiger charge is 2.10. The first-order valence-electron chi connectivity index (χ1n) is 4.58. The molecule has 0 atom stereocenters. The highest BCUT2D eigenvalue weighted by molar-refractivity contribution is 6.09. The third-order valence-electron chi connectivity index (χ3n) is 2.37. The number of aromatic nitrogens is 1. The average Bonchev–Trinajstić information content (AvgIpc) is 2.67. The number of rotatable bonds is 1. The third-order valence-corrected chi connectivity index (χ3v) is 2.68. The number of pyridine rings is 1. The van der Waals surface area contributed by atoms with Gasteiger partial charge in [-0.05, 0) is 24.3 Å². The summed E-state index contributed by atoms with van der Waals surface area (Å²) in [5.74, 6) is 0.809. The van der Waals surface area contributed by atoms with Crippen LogP contribution in [0.15, 0.2) is 40.9 Å². The standard InChI is InChI=1S/C11H7NO2.Al.H/c13-7-3-1-4-8-10(7)11-9(14-8)5-2-6-12-11;;/h1-6,13H;;/q;+1;/p-1. The van der Waals surface area contributed by atoms with Crippen LogP contribution in [-0.2, 0) is 0 Å². The maximum absolute atomic E-state index is 5.66. The van der Waals surface area contributed by atoms with Crippen LogP contribution in [0, 0.1) is 0 Å². The maximum Gasteiger partial charge on any atom is 0.494 e. The van der Waals surface area contributed by atoms with Crippen molar-refractivity contribution >= 4 is 38.7 Å². The number of nitrogens with zero attached hydrogens (tertiary/aromatic N) is 1. The Bertz CT molecular complexity index is 633. The van der Waals surface area contributed by atoms with Gasteiger partial charge in [0.2, 0.25) is 0 Å². The second kappa shape index (κ2) is 3.27. The first-order chi connectivity index (χ1) is 7.40. The number of benzene rings is 1. The minimum Gasteiger partial charge on any atom is -0.650 e. The molecule has 0 spiro atoms. The largest absolute Gasteiger partial charge is 0.650 e. The van der Waals surface area contributed by atoms with Crippen molar-refractivity contribution in [1.82, 2.24) is 4.98 Å². The van der Waals surface area contributed by atoms with Crippen LogP contribution in [0.1, 0.15) is 0 Å². The molecule has 3 nitrogen and oxygen atoms in total. The zero-order chi connectivity index (χ0) is 10.3. The Kier molecular flexibility index (Phi) is 1.91. The van der Waals surface area contributed by atoms with E-state index in [1.807, 2.05) is 30.3 Å². The van der Waals surface area contributed by atoms with Crippen LogP contribution < -0.4 is 3.79 Å². The van der Waals surface area contributed by atoms with E-state index in [0.717, 1.165) is 27.8 Å². The lowest BCUT2D eigenvalue weighted by Crippen LogP contribution is -1.85. The van der Waals surface area contributed by atoms with Crippen LogP contribution in [0.2, 0.25) is 0 Å². The summed E-state index contributed by atoms with van der Waals surface area (Å²) in [7, 11) is 0. The molecule has 3 rings (SSSR count). The summed E-state index contributed by atoms with van der Waals surface area (Å²) >= 11 is 1.45. The second-order valence-electron chi connectivity index (χ2n) is 3.23. The first kappa shape index (κ1) is 8.78. The van der Waals surface area contributed by atoms with E-state index in [4.69, 9.17) is 8.21 Å². The van der Waals surface area contributed by atoms with Crippen LogP contribution in [0.25, 0.3) is 22.1 Å². The van der Waals surface area contributed by atoms with E-state index < -0.39 is 0 Å². The van der Waals surface area contributed by atoms with Gasteiger partial charge in [0.25, 0.3) is 0 Å². The van der Waals surface area contributed by atoms with Crippen LogP contribution >= 0.6 is 0 Å². The smallest absolute Gasteiger partial charge is 0.494 e. The Balaban J connectivity index is 2.56. The number of hydrogen-bond acceptors (Lipinski definition) is 3. The molecule has 0 amide bonds. The van der Waals surface area contributed by atoms with Gasteiger partial charge in [-0.25, -0.2) is 0 Å². The maximum atomic E-state index is 5.66. The lowest BCUT2D eigenvalue weighted by atomic mass is 10.2. The number of hydrogen-bond donors (Lipinski definition) is 0. The fourth-order valence-electron chi connectivity index (χ4n) is 1.73. The summed E-state index contributed by atoms with van der Waals surface area (Å²) in [6, 6.07) is 9.51. The molecule has 0 aliphatic rings. The second-order valence-corrected chi connectivity index (χ2v) is 3.51. The summed E-state index contributed by atoms with van der Waals surface area (Å²) in [5, 5.41) is 0.947. The molecule has 0 unspecified atom stereocenters. The predicted molar refractivity (Wildman–Crippen MR) is 59.3 cm³/mol. The molecule has 1 aromatic carbocycles. The van der Waals surface area contributed by atoms with Gasteiger partial charge >= 0.3 is 16.6 Å². The lowest BCUT2D eigenvalue weighted by Gasteiger charge is -2.02.